The summed E-state index contributed by atoms with van der Waals surface area (Å²) in [6.45, 7) is 0.742. The number of halogens is 3. The van der Waals surface area contributed by atoms with Crippen LogP contribution in [0.25, 0.3) is 0 Å². The van der Waals surface area contributed by atoms with Gasteiger partial charge in [-0.15, -0.1) is 0 Å². The van der Waals surface area contributed by atoms with Gasteiger partial charge >= 0.3 is 12.2 Å². The summed E-state index contributed by atoms with van der Waals surface area (Å²) in [6.07, 6.45) is -2.46. The van der Waals surface area contributed by atoms with E-state index in [1.807, 2.05) is 30.3 Å². The molecule has 0 aliphatic carbocycles. The van der Waals surface area contributed by atoms with Crippen molar-refractivity contribution < 1.29 is 27.3 Å². The molecule has 156 valence electrons. The van der Waals surface area contributed by atoms with Gasteiger partial charge in [-0.2, -0.15) is 13.2 Å². The van der Waals surface area contributed by atoms with Gasteiger partial charge in [0.05, 0.1) is 0 Å². The number of carbonyl (C=O) groups excluding carboxylic acids is 2. The first-order chi connectivity index (χ1) is 13.8. The van der Waals surface area contributed by atoms with Crippen LogP contribution in [0.2, 0.25) is 0 Å². The van der Waals surface area contributed by atoms with Crippen LogP contribution in [0.4, 0.5) is 23.8 Å². The number of nitrogens with zero attached hydrogens (tertiary/aromatic N) is 2. The lowest BCUT2D eigenvalue weighted by atomic mass is 10.0. The van der Waals surface area contributed by atoms with E-state index in [2.05, 4.69) is 20.3 Å². The predicted octanol–water partition coefficient (Wildman–Crippen LogP) is 3.44. The Kier molecular flexibility index (Phi) is 6.40. The molecule has 0 bridgehead atoms. The van der Waals surface area contributed by atoms with Crippen molar-refractivity contribution in [3.63, 3.8) is 0 Å². The number of nitrogens with one attached hydrogen (secondary N) is 2. The van der Waals surface area contributed by atoms with Gasteiger partial charge in [-0.25, -0.2) is 4.79 Å². The topological polar surface area (TPSA) is 87.5 Å². The molecule has 29 heavy (non-hydrogen) atoms. The molecule has 1 aromatic heterocycles. The minimum atomic E-state index is -4.64. The van der Waals surface area contributed by atoms with Crippen LogP contribution in [-0.4, -0.2) is 41.1 Å². The van der Waals surface area contributed by atoms with Crippen molar-refractivity contribution in [2.24, 2.45) is 0 Å². The molecule has 1 saturated heterocycles. The molecule has 0 radical (unpaired) electrons. The highest BCUT2D eigenvalue weighted by Crippen LogP contribution is 2.29. The molecule has 0 saturated carbocycles. The van der Waals surface area contributed by atoms with Gasteiger partial charge in [-0.1, -0.05) is 35.5 Å². The summed E-state index contributed by atoms with van der Waals surface area (Å²) in [5, 5.41) is 8.13. The minimum absolute atomic E-state index is 0.0376. The zero-order chi connectivity index (χ0) is 20.9. The molecular weight excluding hydrogens is 389 g/mol. The lowest BCUT2D eigenvalue weighted by Gasteiger charge is -2.32. The molecule has 1 aromatic carbocycles. The molecule has 1 aliphatic heterocycles. The van der Waals surface area contributed by atoms with Crippen molar-refractivity contribution in [2.45, 2.75) is 37.9 Å². The van der Waals surface area contributed by atoms with E-state index in [4.69, 9.17) is 0 Å². The molecule has 0 atom stereocenters. The Morgan fingerprint density at radius 2 is 1.86 bits per heavy atom. The number of urea groups is 1. The highest BCUT2D eigenvalue weighted by molar-refractivity contribution is 5.88. The van der Waals surface area contributed by atoms with Gasteiger partial charge in [0, 0.05) is 31.6 Å². The van der Waals surface area contributed by atoms with E-state index in [1.165, 1.54) is 4.90 Å². The van der Waals surface area contributed by atoms with E-state index in [-0.39, 0.29) is 17.8 Å². The van der Waals surface area contributed by atoms with Gasteiger partial charge in [-0.3, -0.25) is 10.1 Å². The Bertz CT molecular complexity index is 831. The number of aromatic nitrogens is 1. The van der Waals surface area contributed by atoms with Gasteiger partial charge in [0.25, 0.3) is 0 Å². The molecule has 1 aliphatic rings. The average molecular weight is 410 g/mol. The number of hydrogen-bond acceptors (Lipinski definition) is 4. The first-order valence-corrected chi connectivity index (χ1v) is 9.24. The summed E-state index contributed by atoms with van der Waals surface area (Å²) >= 11 is 0. The van der Waals surface area contributed by atoms with Gasteiger partial charge in [-0.05, 0) is 24.8 Å². The number of alkyl halides is 3. The SMILES string of the molecule is O=C(CCc1ccccc1)NC1CCN(C(=O)Nc2cc(C(F)(F)F)no2)CC1. The molecule has 2 heterocycles. The molecule has 0 unspecified atom stereocenters. The summed E-state index contributed by atoms with van der Waals surface area (Å²) in [4.78, 5) is 25.7. The number of anilines is 1. The molecular formula is C19H21F3N4O3. The third-order valence-electron chi connectivity index (χ3n) is 4.66. The van der Waals surface area contributed by atoms with Crippen molar-refractivity contribution in [3.05, 3.63) is 47.7 Å². The van der Waals surface area contributed by atoms with Crippen LogP contribution in [0.15, 0.2) is 40.9 Å². The largest absolute Gasteiger partial charge is 0.436 e. The molecule has 7 nitrogen and oxygen atoms in total. The number of benzene rings is 1. The number of likely N-dealkylation sites (tertiary alicyclic amines) is 1. The monoisotopic (exact) mass is 410 g/mol. The van der Waals surface area contributed by atoms with Gasteiger partial charge in [0.1, 0.15) is 0 Å². The first kappa shape index (κ1) is 20.7. The summed E-state index contributed by atoms with van der Waals surface area (Å²) < 4.78 is 42.0. The van der Waals surface area contributed by atoms with Crippen LogP contribution in [0.5, 0.6) is 0 Å². The third kappa shape index (κ3) is 5.97. The number of amides is 3. The third-order valence-corrected chi connectivity index (χ3v) is 4.66. The Hall–Kier alpha value is -3.04. The zero-order valence-electron chi connectivity index (χ0n) is 15.5. The van der Waals surface area contributed by atoms with E-state index in [0.717, 1.165) is 5.56 Å². The number of rotatable bonds is 5. The average Bonchev–Trinajstić information content (AvgIpc) is 3.17. The fourth-order valence-corrected chi connectivity index (χ4v) is 3.08. The van der Waals surface area contributed by atoms with E-state index in [1.54, 1.807) is 0 Å². The Morgan fingerprint density at radius 1 is 1.17 bits per heavy atom. The Balaban J connectivity index is 1.40. The molecule has 0 spiro atoms. The molecule has 2 aromatic rings. The van der Waals surface area contributed by atoms with E-state index >= 15 is 0 Å². The second kappa shape index (κ2) is 8.97. The lowest BCUT2D eigenvalue weighted by Crippen LogP contribution is -2.47. The van der Waals surface area contributed by atoms with Crippen molar-refractivity contribution in [3.8, 4) is 0 Å². The Morgan fingerprint density at radius 3 is 2.48 bits per heavy atom. The van der Waals surface area contributed by atoms with Crippen LogP contribution >= 0.6 is 0 Å². The smallest absolute Gasteiger partial charge is 0.353 e. The first-order valence-electron chi connectivity index (χ1n) is 9.24. The molecule has 2 N–H and O–H groups in total. The fourth-order valence-electron chi connectivity index (χ4n) is 3.08. The number of aryl methyl sites for hydroxylation is 1. The minimum Gasteiger partial charge on any atom is -0.353 e. The summed E-state index contributed by atoms with van der Waals surface area (Å²) in [6, 6.07) is 9.75. The quantitative estimate of drug-likeness (QED) is 0.791. The van der Waals surface area contributed by atoms with Crippen LogP contribution in [0.3, 0.4) is 0 Å². The standard InChI is InChI=1S/C19H21F3N4O3/c20-19(21,22)15-12-17(29-25-15)24-18(28)26-10-8-14(9-11-26)23-16(27)7-6-13-4-2-1-3-5-13/h1-5,12,14H,6-11H2,(H,23,27)(H,24,28). The van der Waals surface area contributed by atoms with Gasteiger partial charge < -0.3 is 14.7 Å². The van der Waals surface area contributed by atoms with Crippen molar-refractivity contribution in [1.29, 1.82) is 0 Å². The molecule has 1 fully saturated rings. The zero-order valence-corrected chi connectivity index (χ0v) is 15.5. The lowest BCUT2D eigenvalue weighted by molar-refractivity contribution is -0.142. The van der Waals surface area contributed by atoms with Crippen molar-refractivity contribution in [2.75, 3.05) is 18.4 Å². The highest BCUT2D eigenvalue weighted by atomic mass is 19.4. The van der Waals surface area contributed by atoms with Gasteiger partial charge in [0.15, 0.2) is 5.69 Å². The van der Waals surface area contributed by atoms with Crippen molar-refractivity contribution >= 4 is 17.8 Å². The van der Waals surface area contributed by atoms with Crippen molar-refractivity contribution in [1.82, 2.24) is 15.4 Å². The molecule has 10 heteroatoms. The number of piperidine rings is 1. The normalized spacial score (nSPS) is 15.2. The number of hydrogen-bond donors (Lipinski definition) is 2. The van der Waals surface area contributed by atoms with Crippen LogP contribution < -0.4 is 10.6 Å². The van der Waals surface area contributed by atoms with E-state index in [0.29, 0.717) is 44.8 Å². The van der Waals surface area contributed by atoms with E-state index in [9.17, 15) is 22.8 Å². The second-order valence-corrected chi connectivity index (χ2v) is 6.82. The Labute approximate surface area is 165 Å². The maximum absolute atomic E-state index is 12.5. The van der Waals surface area contributed by atoms with Crippen LogP contribution in [0, 0.1) is 0 Å². The maximum Gasteiger partial charge on any atom is 0.436 e. The molecule has 3 rings (SSSR count). The number of carbonyl (C=O) groups is 2. The maximum atomic E-state index is 12.5. The summed E-state index contributed by atoms with van der Waals surface area (Å²) in [5.41, 5.74) is -0.111. The molecule has 3 amide bonds. The fraction of sp³-hybridized carbons (Fsp3) is 0.421. The highest BCUT2D eigenvalue weighted by Gasteiger charge is 2.35. The van der Waals surface area contributed by atoms with Crippen LogP contribution in [0.1, 0.15) is 30.5 Å². The summed E-state index contributed by atoms with van der Waals surface area (Å²) in [5.74, 6) is -0.406. The summed E-state index contributed by atoms with van der Waals surface area (Å²) in [7, 11) is 0. The van der Waals surface area contributed by atoms with Crippen LogP contribution in [-0.2, 0) is 17.4 Å². The van der Waals surface area contributed by atoms with Gasteiger partial charge in [0.2, 0.25) is 11.8 Å². The predicted molar refractivity (Wildman–Crippen MR) is 98.0 cm³/mol. The second-order valence-electron chi connectivity index (χ2n) is 6.82. The van der Waals surface area contributed by atoms with E-state index < -0.39 is 17.9 Å².